The Bertz CT molecular complexity index is 460. The van der Waals surface area contributed by atoms with Crippen molar-refractivity contribution in [3.05, 3.63) is 34.9 Å². The van der Waals surface area contributed by atoms with Crippen LogP contribution in [0.25, 0.3) is 0 Å². The SMILES string of the molecule is Cc1ccc(C(=O)CN2C[C@@H](C)O[C@@H](C)C2)cc1C. The number of ketones is 1. The van der Waals surface area contributed by atoms with Gasteiger partial charge >= 0.3 is 0 Å². The average molecular weight is 261 g/mol. The number of carbonyl (C=O) groups is 1. The number of hydrogen-bond acceptors (Lipinski definition) is 3. The first-order valence-corrected chi connectivity index (χ1v) is 6.94. The van der Waals surface area contributed by atoms with E-state index in [1.165, 1.54) is 11.1 Å². The van der Waals surface area contributed by atoms with Crippen molar-refractivity contribution in [2.45, 2.75) is 39.9 Å². The molecule has 0 saturated carbocycles. The Morgan fingerprint density at radius 1 is 1.21 bits per heavy atom. The largest absolute Gasteiger partial charge is 0.373 e. The highest BCUT2D eigenvalue weighted by Gasteiger charge is 2.24. The van der Waals surface area contributed by atoms with E-state index in [1.54, 1.807) is 0 Å². The fourth-order valence-corrected chi connectivity index (χ4v) is 2.62. The molecule has 0 bridgehead atoms. The topological polar surface area (TPSA) is 29.5 Å². The van der Waals surface area contributed by atoms with Crippen LogP contribution in [0.5, 0.6) is 0 Å². The van der Waals surface area contributed by atoms with Crippen molar-refractivity contribution in [1.29, 1.82) is 0 Å². The number of hydrogen-bond donors (Lipinski definition) is 0. The molecule has 1 saturated heterocycles. The van der Waals surface area contributed by atoms with Gasteiger partial charge in [-0.05, 0) is 44.9 Å². The normalized spacial score (nSPS) is 24.4. The number of morpholine rings is 1. The van der Waals surface area contributed by atoms with Gasteiger partial charge in [0.2, 0.25) is 0 Å². The Morgan fingerprint density at radius 3 is 2.42 bits per heavy atom. The number of Topliss-reactive ketones (excluding diaryl/α,β-unsaturated/α-hetero) is 1. The summed E-state index contributed by atoms with van der Waals surface area (Å²) in [4.78, 5) is 14.5. The molecule has 3 nitrogen and oxygen atoms in total. The number of ether oxygens (including phenoxy) is 1. The maximum absolute atomic E-state index is 12.3. The van der Waals surface area contributed by atoms with Crippen molar-refractivity contribution in [2.24, 2.45) is 0 Å². The molecule has 0 N–H and O–H groups in total. The van der Waals surface area contributed by atoms with E-state index in [4.69, 9.17) is 4.74 Å². The van der Waals surface area contributed by atoms with Gasteiger partial charge in [0.15, 0.2) is 5.78 Å². The van der Waals surface area contributed by atoms with Crippen LogP contribution in [0.1, 0.15) is 35.3 Å². The molecule has 19 heavy (non-hydrogen) atoms. The van der Waals surface area contributed by atoms with Crippen molar-refractivity contribution in [1.82, 2.24) is 4.90 Å². The van der Waals surface area contributed by atoms with E-state index in [2.05, 4.69) is 25.7 Å². The second-order valence-electron chi connectivity index (χ2n) is 5.67. The molecule has 3 heteroatoms. The summed E-state index contributed by atoms with van der Waals surface area (Å²) in [6, 6.07) is 5.94. The van der Waals surface area contributed by atoms with Gasteiger partial charge in [-0.25, -0.2) is 0 Å². The fraction of sp³-hybridized carbons (Fsp3) is 0.562. The zero-order valence-electron chi connectivity index (χ0n) is 12.3. The first-order chi connectivity index (χ1) is 8.95. The van der Waals surface area contributed by atoms with Crippen LogP contribution in [0, 0.1) is 13.8 Å². The number of nitrogens with zero attached hydrogens (tertiary/aromatic N) is 1. The molecule has 0 unspecified atom stereocenters. The van der Waals surface area contributed by atoms with Crippen LogP contribution in [0.15, 0.2) is 18.2 Å². The minimum Gasteiger partial charge on any atom is -0.373 e. The Labute approximate surface area is 115 Å². The van der Waals surface area contributed by atoms with Crippen LogP contribution in [0.2, 0.25) is 0 Å². The van der Waals surface area contributed by atoms with Crippen LogP contribution in [0.4, 0.5) is 0 Å². The number of carbonyl (C=O) groups excluding carboxylic acids is 1. The summed E-state index contributed by atoms with van der Waals surface area (Å²) in [6.45, 7) is 10.4. The highest BCUT2D eigenvalue weighted by Crippen LogP contribution is 2.14. The van der Waals surface area contributed by atoms with Crippen molar-refractivity contribution in [2.75, 3.05) is 19.6 Å². The summed E-state index contributed by atoms with van der Waals surface area (Å²) in [5.41, 5.74) is 3.22. The molecule has 1 aromatic rings. The predicted molar refractivity (Wildman–Crippen MR) is 76.7 cm³/mol. The van der Waals surface area contributed by atoms with Gasteiger partial charge in [0.25, 0.3) is 0 Å². The Morgan fingerprint density at radius 2 is 1.84 bits per heavy atom. The lowest BCUT2D eigenvalue weighted by molar-refractivity contribution is -0.0652. The summed E-state index contributed by atoms with van der Waals surface area (Å²) in [7, 11) is 0. The summed E-state index contributed by atoms with van der Waals surface area (Å²) in [5, 5.41) is 0. The Balaban J connectivity index is 2.02. The molecule has 0 aliphatic carbocycles. The zero-order chi connectivity index (χ0) is 14.0. The lowest BCUT2D eigenvalue weighted by atomic mass is 10.0. The van der Waals surface area contributed by atoms with Gasteiger partial charge in [-0.1, -0.05) is 12.1 Å². The molecule has 2 rings (SSSR count). The smallest absolute Gasteiger partial charge is 0.176 e. The quantitative estimate of drug-likeness (QED) is 0.783. The zero-order valence-corrected chi connectivity index (χ0v) is 12.3. The van der Waals surface area contributed by atoms with Crippen LogP contribution in [-0.2, 0) is 4.74 Å². The highest BCUT2D eigenvalue weighted by atomic mass is 16.5. The average Bonchev–Trinajstić information content (AvgIpc) is 2.31. The van der Waals surface area contributed by atoms with Gasteiger partial charge in [-0.2, -0.15) is 0 Å². The lowest BCUT2D eigenvalue weighted by Gasteiger charge is -2.34. The van der Waals surface area contributed by atoms with E-state index in [-0.39, 0.29) is 18.0 Å². The number of aryl methyl sites for hydroxylation is 2. The maximum Gasteiger partial charge on any atom is 0.176 e. The molecule has 0 amide bonds. The Kier molecular flexibility index (Phi) is 4.38. The molecule has 1 heterocycles. The third-order valence-electron chi connectivity index (χ3n) is 3.69. The molecule has 1 aromatic carbocycles. The first-order valence-electron chi connectivity index (χ1n) is 6.94. The molecule has 0 aromatic heterocycles. The maximum atomic E-state index is 12.3. The number of benzene rings is 1. The summed E-state index contributed by atoms with van der Waals surface area (Å²) in [6.07, 6.45) is 0.410. The van der Waals surface area contributed by atoms with Crippen LogP contribution >= 0.6 is 0 Å². The van der Waals surface area contributed by atoms with Crippen LogP contribution in [-0.4, -0.2) is 42.5 Å². The van der Waals surface area contributed by atoms with E-state index in [9.17, 15) is 4.79 Å². The van der Waals surface area contributed by atoms with Gasteiger partial charge in [0.1, 0.15) is 0 Å². The predicted octanol–water partition coefficient (Wildman–Crippen LogP) is 2.60. The molecule has 1 aliphatic heterocycles. The standard InChI is InChI=1S/C16H23NO2/c1-11-5-6-15(7-12(11)2)16(18)10-17-8-13(3)19-14(4)9-17/h5-7,13-14H,8-10H2,1-4H3/t13-,14+. The minimum atomic E-state index is 0.199. The van der Waals surface area contributed by atoms with Gasteiger partial charge in [-0.15, -0.1) is 0 Å². The van der Waals surface area contributed by atoms with Crippen molar-refractivity contribution in [3.63, 3.8) is 0 Å². The lowest BCUT2D eigenvalue weighted by Crippen LogP contribution is -2.47. The monoisotopic (exact) mass is 261 g/mol. The highest BCUT2D eigenvalue weighted by molar-refractivity contribution is 5.97. The van der Waals surface area contributed by atoms with E-state index in [0.717, 1.165) is 18.7 Å². The minimum absolute atomic E-state index is 0.199. The Hall–Kier alpha value is -1.19. The summed E-state index contributed by atoms with van der Waals surface area (Å²) < 4.78 is 5.69. The van der Waals surface area contributed by atoms with Gasteiger partial charge in [-0.3, -0.25) is 9.69 Å². The van der Waals surface area contributed by atoms with Crippen molar-refractivity contribution in [3.8, 4) is 0 Å². The van der Waals surface area contributed by atoms with Gasteiger partial charge < -0.3 is 4.74 Å². The van der Waals surface area contributed by atoms with Crippen molar-refractivity contribution < 1.29 is 9.53 Å². The second-order valence-corrected chi connectivity index (χ2v) is 5.67. The molecular weight excluding hydrogens is 238 g/mol. The molecular formula is C16H23NO2. The molecule has 1 fully saturated rings. The van der Waals surface area contributed by atoms with Gasteiger partial charge in [0, 0.05) is 18.7 Å². The summed E-state index contributed by atoms with van der Waals surface area (Å²) in [5.74, 6) is 0.199. The van der Waals surface area contributed by atoms with E-state index < -0.39 is 0 Å². The van der Waals surface area contributed by atoms with E-state index >= 15 is 0 Å². The van der Waals surface area contributed by atoms with Gasteiger partial charge in [0.05, 0.1) is 18.8 Å². The molecule has 104 valence electrons. The van der Waals surface area contributed by atoms with E-state index in [1.807, 2.05) is 25.1 Å². The first kappa shape index (κ1) is 14.2. The second kappa shape index (κ2) is 5.85. The van der Waals surface area contributed by atoms with E-state index in [0.29, 0.717) is 6.54 Å². The van der Waals surface area contributed by atoms with Crippen LogP contribution < -0.4 is 0 Å². The number of rotatable bonds is 3. The van der Waals surface area contributed by atoms with Crippen LogP contribution in [0.3, 0.4) is 0 Å². The molecule has 1 aliphatic rings. The molecule has 0 radical (unpaired) electrons. The third-order valence-corrected chi connectivity index (χ3v) is 3.69. The molecule has 0 spiro atoms. The third kappa shape index (κ3) is 3.64. The fourth-order valence-electron chi connectivity index (χ4n) is 2.62. The van der Waals surface area contributed by atoms with Crippen molar-refractivity contribution >= 4 is 5.78 Å². The molecule has 2 atom stereocenters. The summed E-state index contributed by atoms with van der Waals surface area (Å²) >= 11 is 0.